The third kappa shape index (κ3) is 3.48. The summed E-state index contributed by atoms with van der Waals surface area (Å²) in [5.74, 6) is 1.58. The Morgan fingerprint density at radius 2 is 1.91 bits per heavy atom. The first kappa shape index (κ1) is 15.8. The highest BCUT2D eigenvalue weighted by molar-refractivity contribution is 9.09. The van der Waals surface area contributed by atoms with Gasteiger partial charge in [-0.15, -0.1) is 0 Å². The number of nitrogens with one attached hydrogen (secondary N) is 2. The van der Waals surface area contributed by atoms with Crippen LogP contribution in [0, 0.1) is 0 Å². The van der Waals surface area contributed by atoms with E-state index in [0.29, 0.717) is 6.61 Å². The summed E-state index contributed by atoms with van der Waals surface area (Å²) in [5.41, 5.74) is 7.87. The van der Waals surface area contributed by atoms with Crippen molar-refractivity contribution in [3.8, 4) is 11.5 Å². The van der Waals surface area contributed by atoms with E-state index >= 15 is 0 Å². The molecule has 1 atom stereocenters. The van der Waals surface area contributed by atoms with E-state index in [-0.39, 0.29) is 5.54 Å². The maximum absolute atomic E-state index is 5.78. The zero-order valence-corrected chi connectivity index (χ0v) is 14.3. The van der Waals surface area contributed by atoms with Crippen molar-refractivity contribution in [3.05, 3.63) is 66.1 Å². The summed E-state index contributed by atoms with van der Waals surface area (Å²) in [4.78, 5) is 4.51. The summed E-state index contributed by atoms with van der Waals surface area (Å²) < 4.78 is 10.9. The lowest BCUT2D eigenvalue weighted by atomic mass is 9.99. The van der Waals surface area contributed by atoms with Crippen LogP contribution in [0.2, 0.25) is 0 Å². The second-order valence-corrected chi connectivity index (χ2v) is 5.78. The van der Waals surface area contributed by atoms with Gasteiger partial charge in [0.2, 0.25) is 0 Å². The number of methoxy groups -OCH3 is 1. The Morgan fingerprint density at radius 3 is 2.48 bits per heavy atom. The Kier molecular flexibility index (Phi) is 4.83. The molecule has 3 rings (SSSR count). The highest BCUT2D eigenvalue weighted by atomic mass is 79.9. The fourth-order valence-electron chi connectivity index (χ4n) is 2.31. The smallest absolute Gasteiger partial charge is 0.138 e. The van der Waals surface area contributed by atoms with Gasteiger partial charge in [0, 0.05) is 11.5 Å². The minimum atomic E-state index is -0.325. The molecule has 6 heteroatoms. The van der Waals surface area contributed by atoms with Gasteiger partial charge in [0.25, 0.3) is 0 Å². The number of rotatable bonds is 6. The molecule has 0 radical (unpaired) electrons. The molecule has 0 saturated carbocycles. The fourth-order valence-corrected chi connectivity index (χ4v) is 2.92. The zero-order valence-electron chi connectivity index (χ0n) is 12.8. The molecule has 23 heavy (non-hydrogen) atoms. The lowest BCUT2D eigenvalue weighted by Crippen LogP contribution is -2.43. The van der Waals surface area contributed by atoms with Crippen LogP contribution in [-0.4, -0.2) is 17.4 Å². The quantitative estimate of drug-likeness (QED) is 0.760. The van der Waals surface area contributed by atoms with Gasteiger partial charge in [-0.3, -0.25) is 4.98 Å². The number of alkyl halides is 1. The van der Waals surface area contributed by atoms with Gasteiger partial charge in [-0.1, -0.05) is 28.1 Å². The Morgan fingerprint density at radius 1 is 1.13 bits per heavy atom. The summed E-state index contributed by atoms with van der Waals surface area (Å²) in [6, 6.07) is 11.7. The van der Waals surface area contributed by atoms with Crippen molar-refractivity contribution in [1.82, 2.24) is 15.8 Å². The first-order valence-corrected chi connectivity index (χ1v) is 8.36. The number of hydrogen-bond acceptors (Lipinski definition) is 5. The molecule has 0 amide bonds. The van der Waals surface area contributed by atoms with E-state index in [1.807, 2.05) is 48.7 Å². The standard InChI is InChI=1S/C17H18BrN3O2/c1-22-14-4-2-13(3-5-14)11-23-15-6-7-16(19-10-15)17(12-18)8-9-20-21-17/h2-10,20-21H,11-12H2,1H3. The fraction of sp³-hybridized carbons (Fsp3) is 0.235. The van der Waals surface area contributed by atoms with Crippen LogP contribution in [0.25, 0.3) is 0 Å². The molecule has 1 aliphatic heterocycles. The van der Waals surface area contributed by atoms with Crippen molar-refractivity contribution >= 4 is 15.9 Å². The van der Waals surface area contributed by atoms with Crippen molar-refractivity contribution < 1.29 is 9.47 Å². The van der Waals surface area contributed by atoms with Crippen LogP contribution < -0.4 is 20.3 Å². The molecule has 0 spiro atoms. The molecule has 0 saturated heterocycles. The molecule has 0 aliphatic carbocycles. The molecule has 1 aromatic carbocycles. The van der Waals surface area contributed by atoms with Gasteiger partial charge in [0.05, 0.1) is 19.0 Å². The molecule has 5 nitrogen and oxygen atoms in total. The van der Waals surface area contributed by atoms with Crippen molar-refractivity contribution in [1.29, 1.82) is 0 Å². The van der Waals surface area contributed by atoms with E-state index in [2.05, 4.69) is 31.8 Å². The lowest BCUT2D eigenvalue weighted by molar-refractivity contribution is 0.304. The highest BCUT2D eigenvalue weighted by Gasteiger charge is 2.32. The number of nitrogens with zero attached hydrogens (tertiary/aromatic N) is 1. The van der Waals surface area contributed by atoms with Gasteiger partial charge in [0.1, 0.15) is 23.6 Å². The summed E-state index contributed by atoms with van der Waals surface area (Å²) in [6.45, 7) is 0.494. The molecule has 2 aromatic rings. The van der Waals surface area contributed by atoms with Crippen molar-refractivity contribution in [2.45, 2.75) is 12.1 Å². The monoisotopic (exact) mass is 375 g/mol. The largest absolute Gasteiger partial charge is 0.497 e. The molecular weight excluding hydrogens is 358 g/mol. The highest BCUT2D eigenvalue weighted by Crippen LogP contribution is 2.26. The molecular formula is C17H18BrN3O2. The van der Waals surface area contributed by atoms with Crippen molar-refractivity contribution in [3.63, 3.8) is 0 Å². The molecule has 2 N–H and O–H groups in total. The Hall–Kier alpha value is -2.05. The second kappa shape index (κ2) is 7.02. The number of ether oxygens (including phenoxy) is 2. The van der Waals surface area contributed by atoms with E-state index in [4.69, 9.17) is 9.47 Å². The average Bonchev–Trinajstić information content (AvgIpc) is 3.11. The van der Waals surface area contributed by atoms with Crippen LogP contribution in [0.5, 0.6) is 11.5 Å². The molecule has 0 bridgehead atoms. The molecule has 1 aliphatic rings. The van der Waals surface area contributed by atoms with E-state index in [1.165, 1.54) is 0 Å². The van der Waals surface area contributed by atoms with Crippen molar-refractivity contribution in [2.75, 3.05) is 12.4 Å². The van der Waals surface area contributed by atoms with Gasteiger partial charge in [-0.25, -0.2) is 5.43 Å². The SMILES string of the molecule is COc1ccc(COc2ccc(C3(CBr)C=CNN3)nc2)cc1. The van der Waals surface area contributed by atoms with Crippen LogP contribution in [0.1, 0.15) is 11.3 Å². The van der Waals surface area contributed by atoms with Gasteiger partial charge in [-0.2, -0.15) is 0 Å². The van der Waals surface area contributed by atoms with E-state index < -0.39 is 0 Å². The van der Waals surface area contributed by atoms with Crippen LogP contribution in [0.4, 0.5) is 0 Å². The van der Waals surface area contributed by atoms with Crippen LogP contribution >= 0.6 is 15.9 Å². The average molecular weight is 376 g/mol. The number of halogens is 1. The lowest BCUT2D eigenvalue weighted by Gasteiger charge is -2.24. The minimum absolute atomic E-state index is 0.325. The predicted octanol–water partition coefficient (Wildman–Crippen LogP) is 2.88. The van der Waals surface area contributed by atoms with E-state index in [0.717, 1.165) is 28.1 Å². The Bertz CT molecular complexity index is 673. The molecule has 1 unspecified atom stereocenters. The van der Waals surface area contributed by atoms with E-state index in [1.54, 1.807) is 13.3 Å². The van der Waals surface area contributed by atoms with Crippen molar-refractivity contribution in [2.24, 2.45) is 0 Å². The third-order valence-corrected chi connectivity index (χ3v) is 4.60. The number of pyridine rings is 1. The number of hydrazine groups is 1. The molecule has 1 aromatic heterocycles. The zero-order chi connectivity index (χ0) is 16.1. The molecule has 2 heterocycles. The minimum Gasteiger partial charge on any atom is -0.497 e. The number of aromatic nitrogens is 1. The van der Waals surface area contributed by atoms with Gasteiger partial charge in [0.15, 0.2) is 0 Å². The topological polar surface area (TPSA) is 55.4 Å². The van der Waals surface area contributed by atoms with Gasteiger partial charge >= 0.3 is 0 Å². The summed E-state index contributed by atoms with van der Waals surface area (Å²) in [7, 11) is 1.66. The first-order valence-electron chi connectivity index (χ1n) is 7.24. The molecule has 0 fully saturated rings. The predicted molar refractivity (Wildman–Crippen MR) is 92.4 cm³/mol. The third-order valence-electron chi connectivity index (χ3n) is 3.72. The second-order valence-electron chi connectivity index (χ2n) is 5.22. The van der Waals surface area contributed by atoms with Gasteiger partial charge < -0.3 is 14.9 Å². The summed E-state index contributed by atoms with van der Waals surface area (Å²) in [5, 5.41) is 0.725. The van der Waals surface area contributed by atoms with Crippen LogP contribution in [-0.2, 0) is 12.1 Å². The summed E-state index contributed by atoms with van der Waals surface area (Å²) in [6.07, 6.45) is 5.66. The first-order chi connectivity index (χ1) is 11.3. The van der Waals surface area contributed by atoms with E-state index in [9.17, 15) is 0 Å². The van der Waals surface area contributed by atoms with Crippen LogP contribution in [0.15, 0.2) is 54.9 Å². The maximum atomic E-state index is 5.78. The molecule has 120 valence electrons. The normalized spacial score (nSPS) is 19.4. The maximum Gasteiger partial charge on any atom is 0.138 e. The Labute approximate surface area is 143 Å². The number of hydrogen-bond donors (Lipinski definition) is 2. The summed E-state index contributed by atoms with van der Waals surface area (Å²) >= 11 is 3.53. The number of benzene rings is 1. The Balaban J connectivity index is 1.64. The van der Waals surface area contributed by atoms with Gasteiger partial charge in [-0.05, 0) is 35.9 Å². The van der Waals surface area contributed by atoms with Crippen LogP contribution in [0.3, 0.4) is 0 Å².